The predicted molar refractivity (Wildman–Crippen MR) is 102 cm³/mol. The number of hydrogen-bond donors (Lipinski definition) is 0. The first kappa shape index (κ1) is 27.4. The first-order chi connectivity index (χ1) is 10.6. The van der Waals surface area contributed by atoms with Crippen LogP contribution >= 0.6 is 0 Å². The van der Waals surface area contributed by atoms with Gasteiger partial charge in [-0.15, -0.1) is 0 Å². The van der Waals surface area contributed by atoms with E-state index in [-0.39, 0.29) is 26.2 Å². The van der Waals surface area contributed by atoms with Crippen molar-refractivity contribution in [2.45, 2.75) is 41.5 Å². The van der Waals surface area contributed by atoms with Crippen LogP contribution < -0.4 is 0 Å². The van der Waals surface area contributed by atoms with Crippen LogP contribution in [0.1, 0.15) is 38.8 Å². The van der Waals surface area contributed by atoms with Gasteiger partial charge in [0.15, 0.2) is 0 Å². The summed E-state index contributed by atoms with van der Waals surface area (Å²) in [6.07, 6.45) is 0. The molecule has 3 heteroatoms. The minimum absolute atomic E-state index is 0. The Balaban J connectivity index is -0.000000230. The van der Waals surface area contributed by atoms with Gasteiger partial charge in [-0.25, -0.2) is 24.3 Å². The second-order valence-corrected chi connectivity index (χ2v) is 4.64. The zero-order valence-corrected chi connectivity index (χ0v) is 18.3. The Morgan fingerprint density at radius 1 is 0.565 bits per heavy atom. The number of aryl methyl sites for hydroxylation is 2. The van der Waals surface area contributed by atoms with Gasteiger partial charge in [0.2, 0.25) is 0 Å². The van der Waals surface area contributed by atoms with Gasteiger partial charge in [-0.05, 0) is 0 Å². The molecule has 0 aliphatic heterocycles. The van der Waals surface area contributed by atoms with Crippen LogP contribution in [0.3, 0.4) is 0 Å². The van der Waals surface area contributed by atoms with E-state index in [4.69, 9.17) is 0 Å². The Kier molecular flexibility index (Phi) is 28.3. The molecule has 2 nitrogen and oxygen atoms in total. The summed E-state index contributed by atoms with van der Waals surface area (Å²) in [5.74, 6) is 0. The summed E-state index contributed by atoms with van der Waals surface area (Å²) in [6, 6.07) is 16.5. The Hall–Kier alpha value is -0.497. The molecule has 0 atom stereocenters. The first-order valence-electron chi connectivity index (χ1n) is 8.25. The number of nitrogens with zero attached hydrogens (tertiary/aromatic N) is 2. The second kappa shape index (κ2) is 23.8. The van der Waals surface area contributed by atoms with E-state index in [1.807, 2.05) is 52.0 Å². The zero-order valence-electron chi connectivity index (χ0n) is 15.8. The van der Waals surface area contributed by atoms with Crippen molar-refractivity contribution in [3.63, 3.8) is 0 Å². The van der Waals surface area contributed by atoms with Gasteiger partial charge in [0.25, 0.3) is 0 Å². The largest absolute Gasteiger partial charge is 4.00 e. The Morgan fingerprint density at radius 2 is 0.783 bits per heavy atom. The smallest absolute Gasteiger partial charge is 0.663 e. The van der Waals surface area contributed by atoms with Gasteiger partial charge >= 0.3 is 26.2 Å². The van der Waals surface area contributed by atoms with Crippen LogP contribution in [0.5, 0.6) is 0 Å². The summed E-state index contributed by atoms with van der Waals surface area (Å²) < 4.78 is 0. The standard InChI is InChI=1S/2C6H7.2C4H10N.Zr/c2*1-6-4-2-3-5-6;2*1-3-5-4-2;/h2*2-5H,1H3;2*3-4H2,1-2H3;/q4*-1;+4. The van der Waals surface area contributed by atoms with Crippen molar-refractivity contribution >= 4 is 0 Å². The molecule has 0 saturated carbocycles. The molecule has 0 spiro atoms. The Labute approximate surface area is 163 Å². The van der Waals surface area contributed by atoms with Crippen molar-refractivity contribution in [1.82, 2.24) is 0 Å². The van der Waals surface area contributed by atoms with Gasteiger partial charge in [-0.3, -0.25) is 0 Å². The summed E-state index contributed by atoms with van der Waals surface area (Å²) in [5, 5.41) is 7.94. The van der Waals surface area contributed by atoms with Gasteiger partial charge in [0, 0.05) is 0 Å². The first-order valence-corrected chi connectivity index (χ1v) is 8.25. The van der Waals surface area contributed by atoms with E-state index in [2.05, 4.69) is 48.7 Å². The molecule has 0 bridgehead atoms. The van der Waals surface area contributed by atoms with Crippen molar-refractivity contribution in [3.8, 4) is 0 Å². The molecule has 0 aromatic heterocycles. The van der Waals surface area contributed by atoms with Crippen LogP contribution in [0.4, 0.5) is 0 Å². The SMILES string of the molecule is CC[N-]CC.CC[N-]CC.C[c-]1cccc1.C[c-]1cccc1.[Zr+4]. The molecule has 0 saturated heterocycles. The molecule has 0 amide bonds. The molecule has 2 aromatic carbocycles. The van der Waals surface area contributed by atoms with E-state index in [0.29, 0.717) is 0 Å². The number of hydrogen-bond acceptors (Lipinski definition) is 0. The van der Waals surface area contributed by atoms with Gasteiger partial charge in [0.05, 0.1) is 0 Å². The maximum absolute atomic E-state index is 3.97. The van der Waals surface area contributed by atoms with E-state index < -0.39 is 0 Å². The summed E-state index contributed by atoms with van der Waals surface area (Å²) >= 11 is 0. The summed E-state index contributed by atoms with van der Waals surface area (Å²) in [7, 11) is 0. The van der Waals surface area contributed by atoms with Gasteiger partial charge in [-0.2, -0.15) is 61.6 Å². The molecule has 0 aliphatic carbocycles. The average Bonchev–Trinajstić information content (AvgIpc) is 3.16. The van der Waals surface area contributed by atoms with E-state index in [0.717, 1.165) is 26.2 Å². The van der Waals surface area contributed by atoms with Crippen LogP contribution in [0.2, 0.25) is 0 Å². The van der Waals surface area contributed by atoms with Crippen LogP contribution in [0, 0.1) is 13.8 Å². The normalized spacial score (nSPS) is 8.26. The molecule has 2 rings (SSSR count). The topological polar surface area (TPSA) is 28.2 Å². The third-order valence-corrected chi connectivity index (χ3v) is 2.55. The predicted octanol–water partition coefficient (Wildman–Crippen LogP) is 6.23. The van der Waals surface area contributed by atoms with Gasteiger partial charge in [0.1, 0.15) is 0 Å². The van der Waals surface area contributed by atoms with Crippen LogP contribution in [0.25, 0.3) is 10.6 Å². The zero-order chi connectivity index (χ0) is 17.1. The summed E-state index contributed by atoms with van der Waals surface area (Å²) in [5.41, 5.74) is 2.69. The molecular weight excluding hydrogens is 359 g/mol. The molecule has 128 valence electrons. The molecule has 0 unspecified atom stereocenters. The maximum Gasteiger partial charge on any atom is 4.00 e. The fourth-order valence-electron chi connectivity index (χ4n) is 1.39. The van der Waals surface area contributed by atoms with Crippen LogP contribution in [-0.4, -0.2) is 26.2 Å². The van der Waals surface area contributed by atoms with Crippen molar-refractivity contribution in [3.05, 3.63) is 70.3 Å². The molecule has 23 heavy (non-hydrogen) atoms. The van der Waals surface area contributed by atoms with Crippen molar-refractivity contribution < 1.29 is 26.2 Å². The molecule has 0 aliphatic rings. The van der Waals surface area contributed by atoms with E-state index >= 15 is 0 Å². The van der Waals surface area contributed by atoms with E-state index in [1.54, 1.807) is 0 Å². The average molecular weight is 394 g/mol. The quantitative estimate of drug-likeness (QED) is 0.551. The fraction of sp³-hybridized carbons (Fsp3) is 0.500. The second-order valence-electron chi connectivity index (χ2n) is 4.64. The monoisotopic (exact) mass is 392 g/mol. The molecule has 2 aromatic rings. The molecule has 0 radical (unpaired) electrons. The van der Waals surface area contributed by atoms with E-state index in [9.17, 15) is 0 Å². The third-order valence-electron chi connectivity index (χ3n) is 2.55. The molecular formula is C20H34N2Zr. The maximum atomic E-state index is 3.97. The van der Waals surface area contributed by atoms with Crippen LogP contribution in [0.15, 0.2) is 48.5 Å². The Bertz CT molecular complexity index is 324. The third kappa shape index (κ3) is 26.7. The van der Waals surface area contributed by atoms with Crippen LogP contribution in [-0.2, 0) is 26.2 Å². The minimum atomic E-state index is 0. The van der Waals surface area contributed by atoms with E-state index in [1.165, 1.54) is 11.1 Å². The van der Waals surface area contributed by atoms with Crippen molar-refractivity contribution in [1.29, 1.82) is 0 Å². The van der Waals surface area contributed by atoms with Crippen molar-refractivity contribution in [2.24, 2.45) is 0 Å². The van der Waals surface area contributed by atoms with Gasteiger partial charge in [-0.1, -0.05) is 41.5 Å². The van der Waals surface area contributed by atoms with Gasteiger partial charge < -0.3 is 10.6 Å². The minimum Gasteiger partial charge on any atom is -0.663 e. The van der Waals surface area contributed by atoms with Crippen molar-refractivity contribution in [2.75, 3.05) is 26.2 Å². The molecule has 0 heterocycles. The molecule has 0 N–H and O–H groups in total. The molecule has 0 fully saturated rings. The fourth-order valence-corrected chi connectivity index (χ4v) is 1.39. The summed E-state index contributed by atoms with van der Waals surface area (Å²) in [6.45, 7) is 16.2. The Morgan fingerprint density at radius 3 is 0.826 bits per heavy atom. The summed E-state index contributed by atoms with van der Waals surface area (Å²) in [4.78, 5) is 0. The number of rotatable bonds is 4.